The normalized spacial score (nSPS) is 32.2. The molecule has 3 N–H and O–H groups in total. The first-order valence-electron chi connectivity index (χ1n) is 10.4. The summed E-state index contributed by atoms with van der Waals surface area (Å²) in [5.41, 5.74) is 0.721. The maximum Gasteiger partial charge on any atom is 0.319 e. The molecule has 1 unspecified atom stereocenters. The van der Waals surface area contributed by atoms with Crippen molar-refractivity contribution in [3.05, 3.63) is 30.3 Å². The monoisotopic (exact) mass is 369 g/mol. The molecule has 4 saturated carbocycles. The number of nitrogens with one attached hydrogen (secondary N) is 3. The molecule has 4 bridgehead atoms. The highest BCUT2D eigenvalue weighted by Gasteiger charge is 2.49. The van der Waals surface area contributed by atoms with Gasteiger partial charge in [-0.2, -0.15) is 0 Å². The van der Waals surface area contributed by atoms with Crippen molar-refractivity contribution >= 4 is 17.6 Å². The molecule has 27 heavy (non-hydrogen) atoms. The van der Waals surface area contributed by atoms with Gasteiger partial charge < -0.3 is 16.0 Å². The Bertz CT molecular complexity index is 660. The van der Waals surface area contributed by atoms with Crippen LogP contribution in [0.1, 0.15) is 46.0 Å². The number of hydrogen-bond acceptors (Lipinski definition) is 2. The second kappa shape index (κ2) is 7.53. The topological polar surface area (TPSA) is 70.2 Å². The summed E-state index contributed by atoms with van der Waals surface area (Å²) >= 11 is 0. The van der Waals surface area contributed by atoms with E-state index in [1.54, 1.807) is 0 Å². The minimum atomic E-state index is -0.522. The van der Waals surface area contributed by atoms with E-state index in [9.17, 15) is 9.59 Å². The van der Waals surface area contributed by atoms with Crippen molar-refractivity contribution < 1.29 is 9.59 Å². The first-order chi connectivity index (χ1) is 13.0. The molecule has 1 aromatic carbocycles. The molecule has 146 valence electrons. The quantitative estimate of drug-likeness (QED) is 0.739. The summed E-state index contributed by atoms with van der Waals surface area (Å²) < 4.78 is 0. The molecule has 0 heterocycles. The minimum Gasteiger partial charge on any atom is -0.351 e. The predicted octanol–water partition coefficient (Wildman–Crippen LogP) is 3.77. The smallest absolute Gasteiger partial charge is 0.319 e. The largest absolute Gasteiger partial charge is 0.351 e. The maximum atomic E-state index is 13.0. The van der Waals surface area contributed by atoms with Crippen molar-refractivity contribution in [3.8, 4) is 0 Å². The predicted molar refractivity (Wildman–Crippen MR) is 106 cm³/mol. The van der Waals surface area contributed by atoms with Gasteiger partial charge in [-0.1, -0.05) is 32.0 Å². The number of hydrogen-bond donors (Lipinski definition) is 3. The summed E-state index contributed by atoms with van der Waals surface area (Å²) in [6.07, 6.45) is 6.49. The van der Waals surface area contributed by atoms with Crippen LogP contribution < -0.4 is 16.0 Å². The first kappa shape index (κ1) is 18.3. The second-order valence-corrected chi connectivity index (χ2v) is 9.15. The highest BCUT2D eigenvalue weighted by Crippen LogP contribution is 2.53. The zero-order valence-electron chi connectivity index (χ0n) is 16.3. The number of urea groups is 1. The van der Waals surface area contributed by atoms with Crippen LogP contribution in [0.3, 0.4) is 0 Å². The third-order valence-electron chi connectivity index (χ3n) is 6.80. The summed E-state index contributed by atoms with van der Waals surface area (Å²) in [6.45, 7) is 3.95. The van der Waals surface area contributed by atoms with Gasteiger partial charge in [0, 0.05) is 11.7 Å². The molecule has 5 heteroatoms. The number of benzene rings is 1. The van der Waals surface area contributed by atoms with Crippen LogP contribution in [0.25, 0.3) is 0 Å². The third kappa shape index (κ3) is 3.97. The van der Waals surface area contributed by atoms with Crippen molar-refractivity contribution in [2.45, 2.75) is 58.0 Å². The Morgan fingerprint density at radius 2 is 1.52 bits per heavy atom. The number of anilines is 1. The summed E-state index contributed by atoms with van der Waals surface area (Å²) in [4.78, 5) is 25.4. The number of para-hydroxylation sites is 1. The SMILES string of the molecule is CC(C)C(NC(=O)Nc1ccccc1)C(=O)NC1C2CC3CC(C2)CC1C3. The van der Waals surface area contributed by atoms with Crippen LogP contribution in [-0.4, -0.2) is 24.0 Å². The lowest BCUT2D eigenvalue weighted by atomic mass is 9.54. The zero-order valence-corrected chi connectivity index (χ0v) is 16.3. The Hall–Kier alpha value is -2.04. The Morgan fingerprint density at radius 1 is 0.926 bits per heavy atom. The molecule has 4 aliphatic carbocycles. The van der Waals surface area contributed by atoms with E-state index in [-0.39, 0.29) is 17.9 Å². The van der Waals surface area contributed by atoms with Gasteiger partial charge in [0.05, 0.1) is 0 Å². The second-order valence-electron chi connectivity index (χ2n) is 9.15. The molecule has 5 nitrogen and oxygen atoms in total. The van der Waals surface area contributed by atoms with E-state index < -0.39 is 6.04 Å². The molecular weight excluding hydrogens is 338 g/mol. The standard InChI is InChI=1S/C22H31N3O2/c1-13(2)19(25-22(27)23-18-6-4-3-5-7-18)21(26)24-20-16-9-14-8-15(11-16)12-17(20)10-14/h3-7,13-17,19-20H,8-12H2,1-2H3,(H,24,26)(H2,23,25,27). The van der Waals surface area contributed by atoms with Crippen molar-refractivity contribution in [2.24, 2.45) is 29.6 Å². The molecule has 1 aromatic rings. The summed E-state index contributed by atoms with van der Waals surface area (Å²) in [5.74, 6) is 3.04. The van der Waals surface area contributed by atoms with E-state index in [4.69, 9.17) is 0 Å². The van der Waals surface area contributed by atoms with Crippen molar-refractivity contribution in [2.75, 3.05) is 5.32 Å². The first-order valence-corrected chi connectivity index (χ1v) is 10.4. The Labute approximate surface area is 161 Å². The molecule has 0 saturated heterocycles. The van der Waals surface area contributed by atoms with Gasteiger partial charge in [0.2, 0.25) is 5.91 Å². The number of carbonyl (C=O) groups is 2. The Balaban J connectivity index is 1.37. The summed E-state index contributed by atoms with van der Waals surface area (Å²) in [7, 11) is 0. The molecule has 1 atom stereocenters. The van der Waals surface area contributed by atoms with Crippen LogP contribution in [0.2, 0.25) is 0 Å². The minimum absolute atomic E-state index is 0.0309. The van der Waals surface area contributed by atoms with E-state index in [2.05, 4.69) is 16.0 Å². The molecule has 4 fully saturated rings. The molecule has 5 rings (SSSR count). The van der Waals surface area contributed by atoms with Gasteiger partial charge >= 0.3 is 6.03 Å². The van der Waals surface area contributed by atoms with Gasteiger partial charge in [-0.25, -0.2) is 4.79 Å². The number of carbonyl (C=O) groups excluding carboxylic acids is 2. The fraction of sp³-hybridized carbons (Fsp3) is 0.636. The van der Waals surface area contributed by atoms with Gasteiger partial charge in [-0.3, -0.25) is 4.79 Å². The average molecular weight is 370 g/mol. The highest BCUT2D eigenvalue weighted by molar-refractivity contribution is 5.93. The number of amides is 3. The lowest BCUT2D eigenvalue weighted by molar-refractivity contribution is -0.127. The fourth-order valence-electron chi connectivity index (χ4n) is 5.78. The molecule has 0 spiro atoms. The van der Waals surface area contributed by atoms with Crippen LogP contribution >= 0.6 is 0 Å². The van der Waals surface area contributed by atoms with Crippen LogP contribution in [-0.2, 0) is 4.79 Å². The molecular formula is C22H31N3O2. The lowest BCUT2D eigenvalue weighted by Crippen LogP contribution is -2.60. The highest BCUT2D eigenvalue weighted by atomic mass is 16.2. The fourth-order valence-corrected chi connectivity index (χ4v) is 5.78. The number of rotatable bonds is 5. The van der Waals surface area contributed by atoms with Gasteiger partial charge in [0.15, 0.2) is 0 Å². The average Bonchev–Trinajstić information content (AvgIpc) is 2.62. The lowest BCUT2D eigenvalue weighted by Gasteiger charge is -2.54. The van der Waals surface area contributed by atoms with Gasteiger partial charge in [0.1, 0.15) is 6.04 Å². The molecule has 3 amide bonds. The summed E-state index contributed by atoms with van der Waals surface area (Å²) in [6, 6.07) is 8.75. The van der Waals surface area contributed by atoms with Crippen LogP contribution in [0.5, 0.6) is 0 Å². The molecule has 0 aliphatic heterocycles. The van der Waals surface area contributed by atoms with Crippen LogP contribution in [0.4, 0.5) is 10.5 Å². The molecule has 4 aliphatic rings. The van der Waals surface area contributed by atoms with E-state index in [1.807, 2.05) is 44.2 Å². The van der Waals surface area contributed by atoms with Crippen molar-refractivity contribution in [3.63, 3.8) is 0 Å². The molecule has 0 radical (unpaired) electrons. The van der Waals surface area contributed by atoms with Crippen molar-refractivity contribution in [1.82, 2.24) is 10.6 Å². The van der Waals surface area contributed by atoms with Crippen molar-refractivity contribution in [1.29, 1.82) is 0 Å². The zero-order chi connectivity index (χ0) is 19.0. The van der Waals surface area contributed by atoms with E-state index in [1.165, 1.54) is 32.1 Å². The maximum absolute atomic E-state index is 13.0. The third-order valence-corrected chi connectivity index (χ3v) is 6.80. The van der Waals surface area contributed by atoms with E-state index >= 15 is 0 Å². The molecule has 0 aromatic heterocycles. The van der Waals surface area contributed by atoms with Gasteiger partial charge in [-0.15, -0.1) is 0 Å². The Morgan fingerprint density at radius 3 is 2.07 bits per heavy atom. The van der Waals surface area contributed by atoms with E-state index in [0.717, 1.165) is 17.5 Å². The van der Waals surface area contributed by atoms with Gasteiger partial charge in [0.25, 0.3) is 0 Å². The van der Waals surface area contributed by atoms with Crippen LogP contribution in [0, 0.1) is 29.6 Å². The Kier molecular flexibility index (Phi) is 5.11. The van der Waals surface area contributed by atoms with E-state index in [0.29, 0.717) is 17.9 Å². The summed E-state index contributed by atoms with van der Waals surface area (Å²) in [5, 5.41) is 9.01. The van der Waals surface area contributed by atoms with Gasteiger partial charge in [-0.05, 0) is 73.8 Å². The van der Waals surface area contributed by atoms with Crippen LogP contribution in [0.15, 0.2) is 30.3 Å².